The van der Waals surface area contributed by atoms with E-state index < -0.39 is 5.60 Å². The maximum atomic E-state index is 11.6. The van der Waals surface area contributed by atoms with Crippen LogP contribution >= 0.6 is 0 Å². The SMILES string of the molecule is CCCCCCC(=O)N1CC(O)(CC)C1. The fraction of sp³-hybridized carbons (Fsp3) is 0.917. The van der Waals surface area contributed by atoms with Gasteiger partial charge >= 0.3 is 0 Å². The second-order valence-electron chi connectivity index (χ2n) is 4.64. The Morgan fingerprint density at radius 2 is 1.93 bits per heavy atom. The van der Waals surface area contributed by atoms with Gasteiger partial charge < -0.3 is 10.0 Å². The molecule has 0 unspecified atom stereocenters. The molecule has 0 aliphatic carbocycles. The van der Waals surface area contributed by atoms with E-state index in [1.165, 1.54) is 12.8 Å². The number of unbranched alkanes of at least 4 members (excludes halogenated alkanes) is 3. The van der Waals surface area contributed by atoms with Crippen LogP contribution in [0.3, 0.4) is 0 Å². The summed E-state index contributed by atoms with van der Waals surface area (Å²) in [5.41, 5.74) is -0.584. The first-order chi connectivity index (χ1) is 7.11. The Balaban J connectivity index is 2.10. The first-order valence-electron chi connectivity index (χ1n) is 6.11. The maximum Gasteiger partial charge on any atom is 0.222 e. The number of β-amino-alcohol motifs (C(OH)–C–C–N with tert-alkyl or cyclic N) is 1. The van der Waals surface area contributed by atoms with Gasteiger partial charge in [0.2, 0.25) is 5.91 Å². The van der Waals surface area contributed by atoms with Gasteiger partial charge in [0.1, 0.15) is 0 Å². The molecule has 1 amide bonds. The molecule has 1 heterocycles. The molecule has 3 nitrogen and oxygen atoms in total. The highest BCUT2D eigenvalue weighted by atomic mass is 16.3. The molecule has 0 bridgehead atoms. The molecule has 0 aromatic heterocycles. The molecule has 0 atom stereocenters. The van der Waals surface area contributed by atoms with E-state index in [1.54, 1.807) is 4.90 Å². The van der Waals surface area contributed by atoms with Gasteiger partial charge in [-0.25, -0.2) is 0 Å². The van der Waals surface area contributed by atoms with E-state index in [9.17, 15) is 9.90 Å². The Bertz CT molecular complexity index is 210. The fourth-order valence-corrected chi connectivity index (χ4v) is 1.93. The van der Waals surface area contributed by atoms with Crippen LogP contribution < -0.4 is 0 Å². The molecule has 88 valence electrons. The molecular formula is C12H23NO2. The molecule has 3 heteroatoms. The highest BCUT2D eigenvalue weighted by Crippen LogP contribution is 2.24. The van der Waals surface area contributed by atoms with Gasteiger partial charge in [-0.3, -0.25) is 4.79 Å². The summed E-state index contributed by atoms with van der Waals surface area (Å²) in [7, 11) is 0. The topological polar surface area (TPSA) is 40.5 Å². The van der Waals surface area contributed by atoms with Gasteiger partial charge in [-0.1, -0.05) is 33.1 Å². The van der Waals surface area contributed by atoms with Gasteiger partial charge in [0.25, 0.3) is 0 Å². The van der Waals surface area contributed by atoms with Crippen LogP contribution in [0, 0.1) is 0 Å². The zero-order chi connectivity index (χ0) is 11.3. The van der Waals surface area contributed by atoms with Crippen LogP contribution in [0.4, 0.5) is 0 Å². The van der Waals surface area contributed by atoms with Gasteiger partial charge in [-0.2, -0.15) is 0 Å². The van der Waals surface area contributed by atoms with Crippen molar-refractivity contribution in [2.75, 3.05) is 13.1 Å². The lowest BCUT2D eigenvalue weighted by molar-refractivity contribution is -0.155. The summed E-state index contributed by atoms with van der Waals surface area (Å²) in [5, 5.41) is 9.75. The largest absolute Gasteiger partial charge is 0.386 e. The number of carbonyl (C=O) groups is 1. The molecule has 1 rings (SSSR count). The van der Waals surface area contributed by atoms with Crippen molar-refractivity contribution in [3.05, 3.63) is 0 Å². The number of amides is 1. The summed E-state index contributed by atoms with van der Waals surface area (Å²) in [6, 6.07) is 0. The van der Waals surface area contributed by atoms with Crippen molar-refractivity contribution in [1.29, 1.82) is 0 Å². The quantitative estimate of drug-likeness (QED) is 0.685. The van der Waals surface area contributed by atoms with Gasteiger partial charge in [-0.05, 0) is 12.8 Å². The molecule has 1 aliphatic heterocycles. The van der Waals surface area contributed by atoms with Crippen molar-refractivity contribution in [1.82, 2.24) is 4.90 Å². The van der Waals surface area contributed by atoms with Gasteiger partial charge in [0.15, 0.2) is 0 Å². The second kappa shape index (κ2) is 5.50. The third-order valence-corrected chi connectivity index (χ3v) is 3.23. The van der Waals surface area contributed by atoms with Crippen LogP contribution in [0.5, 0.6) is 0 Å². The monoisotopic (exact) mass is 213 g/mol. The minimum Gasteiger partial charge on any atom is -0.386 e. The van der Waals surface area contributed by atoms with Crippen molar-refractivity contribution >= 4 is 5.91 Å². The standard InChI is InChI=1S/C12H23NO2/c1-3-5-6-7-8-11(14)13-9-12(15,4-2)10-13/h15H,3-10H2,1-2H3. The third kappa shape index (κ3) is 3.49. The van der Waals surface area contributed by atoms with Gasteiger partial charge in [-0.15, -0.1) is 0 Å². The highest BCUT2D eigenvalue weighted by molar-refractivity contribution is 5.77. The number of rotatable bonds is 6. The van der Waals surface area contributed by atoms with E-state index in [2.05, 4.69) is 6.92 Å². The van der Waals surface area contributed by atoms with Crippen LogP contribution in [0.2, 0.25) is 0 Å². The zero-order valence-electron chi connectivity index (χ0n) is 9.96. The Morgan fingerprint density at radius 3 is 2.47 bits per heavy atom. The molecule has 0 spiro atoms. The average molecular weight is 213 g/mol. The number of hydrogen-bond acceptors (Lipinski definition) is 2. The number of nitrogens with zero attached hydrogens (tertiary/aromatic N) is 1. The summed E-state index contributed by atoms with van der Waals surface area (Å²) < 4.78 is 0. The van der Waals surface area contributed by atoms with E-state index >= 15 is 0 Å². The van der Waals surface area contributed by atoms with E-state index in [-0.39, 0.29) is 5.91 Å². The summed E-state index contributed by atoms with van der Waals surface area (Å²) in [6.07, 6.45) is 5.95. The van der Waals surface area contributed by atoms with Gasteiger partial charge in [0, 0.05) is 6.42 Å². The molecule has 1 aliphatic rings. The van der Waals surface area contributed by atoms with E-state index in [0.29, 0.717) is 19.5 Å². The molecule has 1 N–H and O–H groups in total. The number of likely N-dealkylation sites (tertiary alicyclic amines) is 1. The minimum atomic E-state index is -0.584. The van der Waals surface area contributed by atoms with Crippen molar-refractivity contribution in [2.24, 2.45) is 0 Å². The lowest BCUT2D eigenvalue weighted by atomic mass is 9.91. The smallest absolute Gasteiger partial charge is 0.222 e. The summed E-state index contributed by atoms with van der Waals surface area (Å²) in [6.45, 7) is 5.20. The Morgan fingerprint density at radius 1 is 1.27 bits per heavy atom. The zero-order valence-corrected chi connectivity index (χ0v) is 9.96. The predicted molar refractivity (Wildman–Crippen MR) is 60.6 cm³/mol. The van der Waals surface area contributed by atoms with Crippen molar-refractivity contribution in [2.45, 2.75) is 58.0 Å². The molecule has 0 saturated carbocycles. The first-order valence-corrected chi connectivity index (χ1v) is 6.11. The first kappa shape index (κ1) is 12.5. The average Bonchev–Trinajstić information content (AvgIpc) is 2.19. The molecule has 0 aromatic rings. The highest BCUT2D eigenvalue weighted by Gasteiger charge is 2.41. The predicted octanol–water partition coefficient (Wildman–Crippen LogP) is 1.94. The number of hydrogen-bond donors (Lipinski definition) is 1. The minimum absolute atomic E-state index is 0.212. The molecule has 15 heavy (non-hydrogen) atoms. The maximum absolute atomic E-state index is 11.6. The molecule has 1 saturated heterocycles. The summed E-state index contributed by atoms with van der Waals surface area (Å²) >= 11 is 0. The number of carbonyl (C=O) groups excluding carboxylic acids is 1. The molecule has 0 aromatic carbocycles. The lowest BCUT2D eigenvalue weighted by Gasteiger charge is -2.46. The Labute approximate surface area is 92.5 Å². The second-order valence-corrected chi connectivity index (χ2v) is 4.64. The fourth-order valence-electron chi connectivity index (χ4n) is 1.93. The van der Waals surface area contributed by atoms with Crippen LogP contribution in [0.25, 0.3) is 0 Å². The normalized spacial score (nSPS) is 18.7. The summed E-state index contributed by atoms with van der Waals surface area (Å²) in [4.78, 5) is 13.4. The lowest BCUT2D eigenvalue weighted by Crippen LogP contribution is -2.63. The third-order valence-electron chi connectivity index (χ3n) is 3.23. The van der Waals surface area contributed by atoms with Crippen molar-refractivity contribution in [3.8, 4) is 0 Å². The van der Waals surface area contributed by atoms with E-state index in [0.717, 1.165) is 19.3 Å². The van der Waals surface area contributed by atoms with Crippen LogP contribution in [-0.4, -0.2) is 34.6 Å². The van der Waals surface area contributed by atoms with E-state index in [4.69, 9.17) is 0 Å². The van der Waals surface area contributed by atoms with Crippen molar-refractivity contribution < 1.29 is 9.90 Å². The number of aliphatic hydroxyl groups is 1. The van der Waals surface area contributed by atoms with Crippen LogP contribution in [0.15, 0.2) is 0 Å². The van der Waals surface area contributed by atoms with Crippen LogP contribution in [-0.2, 0) is 4.79 Å². The molecular weight excluding hydrogens is 190 g/mol. The van der Waals surface area contributed by atoms with Crippen molar-refractivity contribution in [3.63, 3.8) is 0 Å². The molecule has 0 radical (unpaired) electrons. The Hall–Kier alpha value is -0.570. The Kier molecular flexibility index (Phi) is 4.58. The van der Waals surface area contributed by atoms with Gasteiger partial charge in [0.05, 0.1) is 18.7 Å². The van der Waals surface area contributed by atoms with E-state index in [1.807, 2.05) is 6.92 Å². The van der Waals surface area contributed by atoms with Crippen LogP contribution in [0.1, 0.15) is 52.4 Å². The molecule has 1 fully saturated rings. The summed E-state index contributed by atoms with van der Waals surface area (Å²) in [5.74, 6) is 0.212.